The average Bonchev–Trinajstić information content (AvgIpc) is 2.38. The Kier molecular flexibility index (Phi) is 4.72. The van der Waals surface area contributed by atoms with Crippen LogP contribution in [-0.2, 0) is 12.7 Å². The highest BCUT2D eigenvalue weighted by Gasteiger charge is 2.30. The van der Waals surface area contributed by atoms with E-state index in [1.165, 1.54) is 17.8 Å². The Balaban J connectivity index is 2.25. The first kappa shape index (κ1) is 15.3. The van der Waals surface area contributed by atoms with Crippen LogP contribution in [-0.4, -0.2) is 4.98 Å². The highest BCUT2D eigenvalue weighted by atomic mass is 79.9. The quantitative estimate of drug-likeness (QED) is 0.875. The van der Waals surface area contributed by atoms with Crippen LogP contribution in [0.1, 0.15) is 11.1 Å². The van der Waals surface area contributed by atoms with Gasteiger partial charge in [0.2, 0.25) is 0 Å². The summed E-state index contributed by atoms with van der Waals surface area (Å²) in [7, 11) is 0. The molecule has 1 aromatic heterocycles. The van der Waals surface area contributed by atoms with Gasteiger partial charge in [0.25, 0.3) is 0 Å². The first-order chi connectivity index (χ1) is 9.41. The minimum absolute atomic E-state index is 0.338. The van der Waals surface area contributed by atoms with E-state index in [9.17, 15) is 13.2 Å². The number of aromatic nitrogens is 1. The van der Waals surface area contributed by atoms with Crippen molar-refractivity contribution in [3.8, 4) is 0 Å². The van der Waals surface area contributed by atoms with Gasteiger partial charge in [-0.2, -0.15) is 13.2 Å². The van der Waals surface area contributed by atoms with E-state index in [0.717, 1.165) is 27.2 Å². The predicted octanol–water partition coefficient (Wildman–Crippen LogP) is 4.47. The van der Waals surface area contributed by atoms with Crippen molar-refractivity contribution in [1.29, 1.82) is 0 Å². The number of pyridine rings is 1. The molecule has 2 nitrogen and oxygen atoms in total. The molecule has 106 valence electrons. The molecule has 1 aromatic carbocycles. The van der Waals surface area contributed by atoms with Crippen molar-refractivity contribution in [3.05, 3.63) is 52.1 Å². The maximum absolute atomic E-state index is 12.4. The van der Waals surface area contributed by atoms with Crippen molar-refractivity contribution in [2.45, 2.75) is 22.6 Å². The van der Waals surface area contributed by atoms with Crippen molar-refractivity contribution in [1.82, 2.24) is 4.98 Å². The van der Waals surface area contributed by atoms with Crippen LogP contribution in [0.3, 0.4) is 0 Å². The second kappa shape index (κ2) is 6.15. The van der Waals surface area contributed by atoms with E-state index in [1.54, 1.807) is 0 Å². The molecule has 0 aliphatic rings. The summed E-state index contributed by atoms with van der Waals surface area (Å²) < 4.78 is 38.2. The summed E-state index contributed by atoms with van der Waals surface area (Å²) in [4.78, 5) is 4.70. The Morgan fingerprint density at radius 1 is 1.20 bits per heavy atom. The molecule has 0 amide bonds. The van der Waals surface area contributed by atoms with Gasteiger partial charge < -0.3 is 5.73 Å². The number of nitrogens with zero attached hydrogens (tertiary/aromatic N) is 1. The van der Waals surface area contributed by atoms with Gasteiger partial charge in [0.1, 0.15) is 5.03 Å². The minimum atomic E-state index is -4.37. The number of alkyl halides is 3. The molecule has 20 heavy (non-hydrogen) atoms. The van der Waals surface area contributed by atoms with Crippen molar-refractivity contribution >= 4 is 27.7 Å². The lowest BCUT2D eigenvalue weighted by Crippen LogP contribution is -2.05. The molecule has 0 radical (unpaired) electrons. The van der Waals surface area contributed by atoms with Gasteiger partial charge in [0, 0.05) is 22.1 Å². The molecular formula is C13H10BrF3N2S. The summed E-state index contributed by atoms with van der Waals surface area (Å²) in [5.41, 5.74) is 5.82. The number of rotatable bonds is 3. The number of benzene rings is 1. The van der Waals surface area contributed by atoms with Crippen molar-refractivity contribution < 1.29 is 13.2 Å². The number of halogens is 4. The molecule has 2 aromatic rings. The zero-order chi connectivity index (χ0) is 14.8. The molecule has 1 heterocycles. The van der Waals surface area contributed by atoms with Gasteiger partial charge in [-0.05, 0) is 29.8 Å². The zero-order valence-electron chi connectivity index (χ0n) is 10.1. The van der Waals surface area contributed by atoms with Crippen LogP contribution in [0.2, 0.25) is 0 Å². The van der Waals surface area contributed by atoms with Gasteiger partial charge >= 0.3 is 6.18 Å². The lowest BCUT2D eigenvalue weighted by Gasteiger charge is -2.10. The van der Waals surface area contributed by atoms with Gasteiger partial charge in [-0.1, -0.05) is 33.8 Å². The lowest BCUT2D eigenvalue weighted by molar-refractivity contribution is -0.137. The van der Waals surface area contributed by atoms with Gasteiger partial charge in [-0.3, -0.25) is 0 Å². The molecule has 0 saturated carbocycles. The summed E-state index contributed by atoms with van der Waals surface area (Å²) in [6.45, 7) is 0.338. The van der Waals surface area contributed by atoms with Crippen LogP contribution in [0, 0.1) is 0 Å². The standard InChI is InChI=1S/C13H10BrF3N2S/c14-10-2-1-3-11(9(10)6-18)20-12-5-4-8(7-19-12)13(15,16)17/h1-5,7H,6,18H2. The summed E-state index contributed by atoms with van der Waals surface area (Å²) in [6, 6.07) is 7.95. The van der Waals surface area contributed by atoms with Crippen LogP contribution < -0.4 is 5.73 Å². The molecule has 2 N–H and O–H groups in total. The Bertz CT molecular complexity index is 600. The maximum Gasteiger partial charge on any atom is 0.417 e. The first-order valence-corrected chi connectivity index (χ1v) is 7.21. The molecule has 0 atom stereocenters. The van der Waals surface area contributed by atoms with E-state index >= 15 is 0 Å². The smallest absolute Gasteiger partial charge is 0.326 e. The first-order valence-electron chi connectivity index (χ1n) is 5.60. The second-order valence-corrected chi connectivity index (χ2v) is 5.82. The van der Waals surface area contributed by atoms with Gasteiger partial charge in [0.05, 0.1) is 5.56 Å². The molecule has 2 rings (SSSR count). The van der Waals surface area contributed by atoms with Crippen molar-refractivity contribution in [2.75, 3.05) is 0 Å². The molecular weight excluding hydrogens is 353 g/mol. The predicted molar refractivity (Wildman–Crippen MR) is 75.4 cm³/mol. The van der Waals surface area contributed by atoms with E-state index in [4.69, 9.17) is 5.73 Å². The van der Waals surface area contributed by atoms with Gasteiger partial charge in [-0.15, -0.1) is 0 Å². The molecule has 0 saturated heterocycles. The average molecular weight is 363 g/mol. The molecule has 0 fully saturated rings. The summed E-state index contributed by atoms with van der Waals surface area (Å²) >= 11 is 4.68. The fraction of sp³-hybridized carbons (Fsp3) is 0.154. The largest absolute Gasteiger partial charge is 0.417 e. The summed E-state index contributed by atoms with van der Waals surface area (Å²) in [5, 5.41) is 0.491. The number of hydrogen-bond donors (Lipinski definition) is 1. The molecule has 0 aliphatic carbocycles. The number of nitrogens with two attached hydrogens (primary N) is 1. The van der Waals surface area contributed by atoms with Crippen LogP contribution in [0.25, 0.3) is 0 Å². The molecule has 7 heteroatoms. The Labute approximate surface area is 126 Å². The minimum Gasteiger partial charge on any atom is -0.326 e. The normalized spacial score (nSPS) is 11.7. The van der Waals surface area contributed by atoms with Gasteiger partial charge in [-0.25, -0.2) is 4.98 Å². The van der Waals surface area contributed by atoms with Crippen LogP contribution in [0.15, 0.2) is 50.9 Å². The van der Waals surface area contributed by atoms with Crippen molar-refractivity contribution in [3.63, 3.8) is 0 Å². The highest BCUT2D eigenvalue weighted by Crippen LogP contribution is 2.34. The Morgan fingerprint density at radius 2 is 1.95 bits per heavy atom. The van der Waals surface area contributed by atoms with E-state index in [1.807, 2.05) is 18.2 Å². The lowest BCUT2D eigenvalue weighted by atomic mass is 10.2. The van der Waals surface area contributed by atoms with E-state index < -0.39 is 11.7 Å². The third-order valence-electron chi connectivity index (χ3n) is 2.56. The number of hydrogen-bond acceptors (Lipinski definition) is 3. The third kappa shape index (κ3) is 3.53. The Hall–Kier alpha value is -1.05. The molecule has 0 unspecified atom stereocenters. The van der Waals surface area contributed by atoms with Crippen LogP contribution >= 0.6 is 27.7 Å². The van der Waals surface area contributed by atoms with E-state index in [-0.39, 0.29) is 0 Å². The van der Waals surface area contributed by atoms with Gasteiger partial charge in [0.15, 0.2) is 0 Å². The topological polar surface area (TPSA) is 38.9 Å². The summed E-state index contributed by atoms with van der Waals surface area (Å²) in [5.74, 6) is 0. The Morgan fingerprint density at radius 3 is 2.50 bits per heavy atom. The highest BCUT2D eigenvalue weighted by molar-refractivity contribution is 9.10. The third-order valence-corrected chi connectivity index (χ3v) is 4.35. The molecule has 0 spiro atoms. The van der Waals surface area contributed by atoms with Crippen molar-refractivity contribution in [2.24, 2.45) is 5.73 Å². The summed E-state index contributed by atoms with van der Waals surface area (Å²) in [6.07, 6.45) is -3.53. The van der Waals surface area contributed by atoms with Crippen LogP contribution in [0.4, 0.5) is 13.2 Å². The SMILES string of the molecule is NCc1c(Br)cccc1Sc1ccc(C(F)(F)F)cn1. The fourth-order valence-electron chi connectivity index (χ4n) is 1.55. The fourth-order valence-corrected chi connectivity index (χ4v) is 3.14. The monoisotopic (exact) mass is 362 g/mol. The zero-order valence-corrected chi connectivity index (χ0v) is 12.5. The maximum atomic E-state index is 12.4. The molecule has 0 aliphatic heterocycles. The van der Waals surface area contributed by atoms with Crippen LogP contribution in [0.5, 0.6) is 0 Å². The van der Waals surface area contributed by atoms with E-state index in [2.05, 4.69) is 20.9 Å². The molecule has 0 bridgehead atoms. The second-order valence-electron chi connectivity index (χ2n) is 3.91. The van der Waals surface area contributed by atoms with E-state index in [0.29, 0.717) is 11.6 Å².